The molecule has 3 aromatic rings. The van der Waals surface area contributed by atoms with Crippen molar-refractivity contribution in [3.8, 4) is 0 Å². The first-order valence-electron chi connectivity index (χ1n) is 15.1. The van der Waals surface area contributed by atoms with E-state index in [1.165, 1.54) is 17.7 Å². The number of piperidine rings is 1. The summed E-state index contributed by atoms with van der Waals surface area (Å²) in [5.74, 6) is 0.0169. The van der Waals surface area contributed by atoms with E-state index >= 15 is 0 Å². The summed E-state index contributed by atoms with van der Waals surface area (Å²) in [5.41, 5.74) is 5.48. The lowest BCUT2D eigenvalue weighted by Crippen LogP contribution is -2.44. The molecule has 0 bridgehead atoms. The van der Waals surface area contributed by atoms with Crippen LogP contribution in [0.1, 0.15) is 75.8 Å². The number of urea groups is 1. The summed E-state index contributed by atoms with van der Waals surface area (Å²) in [7, 11) is 0. The molecule has 1 aromatic carbocycles. The lowest BCUT2D eigenvalue weighted by molar-refractivity contribution is -0.137. The van der Waals surface area contributed by atoms with Crippen LogP contribution in [0.15, 0.2) is 24.5 Å². The van der Waals surface area contributed by atoms with Crippen LogP contribution in [-0.2, 0) is 6.18 Å². The Morgan fingerprint density at radius 1 is 0.911 bits per heavy atom. The molecule has 3 fully saturated rings. The first-order chi connectivity index (χ1) is 20.7. The molecule has 5 N–H and O–H groups in total. The average molecular weight is 677 g/mol. The molecular weight excluding hydrogens is 637 g/mol. The van der Waals surface area contributed by atoms with Gasteiger partial charge in [-0.15, -0.1) is 24.8 Å². The highest BCUT2D eigenvalue weighted by atomic mass is 35.5. The Balaban J connectivity index is 0.00000230. The number of nitrogens with two attached hydrogens (primary N) is 1. The number of fused-ring (bicyclic) bond motifs is 1. The Kier molecular flexibility index (Phi) is 11.2. The minimum absolute atomic E-state index is 0. The number of alkyl halides is 3. The number of amides is 2. The molecule has 0 unspecified atom stereocenters. The molecule has 2 aliphatic carbocycles. The zero-order chi connectivity index (χ0) is 30.1. The summed E-state index contributed by atoms with van der Waals surface area (Å²) in [4.78, 5) is 28.6. The number of benzene rings is 1. The van der Waals surface area contributed by atoms with E-state index < -0.39 is 29.3 Å². The van der Waals surface area contributed by atoms with Crippen molar-refractivity contribution in [1.29, 1.82) is 0 Å². The molecule has 3 heterocycles. The van der Waals surface area contributed by atoms with Crippen molar-refractivity contribution >= 4 is 59.5 Å². The molecule has 16 heteroatoms. The standard InChI is InChI=1S/C29H37F4N9O.2ClH/c30-22-7-3-6-21(29(31,32)33)23(22)38-28(43)41-14-12-19(13-15-41)36-25-24-26(42(16-35-24)20-4-1-2-5-20)40-27(39-25)37-18-10-8-17(34)9-11-18;;/h3,6-7,16-20H,1-2,4-5,8-15,34H2,(H,38,43)(H2,36,37,39,40);2*1H. The fourth-order valence-corrected chi connectivity index (χ4v) is 6.47. The molecule has 2 saturated carbocycles. The van der Waals surface area contributed by atoms with Gasteiger partial charge in [0.1, 0.15) is 5.82 Å². The van der Waals surface area contributed by atoms with Gasteiger partial charge in [0.2, 0.25) is 5.95 Å². The number of carbonyl (C=O) groups excluding carboxylic acids is 1. The van der Waals surface area contributed by atoms with Gasteiger partial charge in [-0.25, -0.2) is 14.2 Å². The number of para-hydroxylation sites is 1. The fourth-order valence-electron chi connectivity index (χ4n) is 6.47. The van der Waals surface area contributed by atoms with Gasteiger partial charge in [0.05, 0.1) is 17.6 Å². The zero-order valence-electron chi connectivity index (χ0n) is 24.7. The number of nitrogens with one attached hydrogen (secondary N) is 3. The number of likely N-dealkylation sites (tertiary alicyclic amines) is 1. The molecule has 3 aliphatic rings. The van der Waals surface area contributed by atoms with Gasteiger partial charge < -0.3 is 31.2 Å². The molecule has 248 valence electrons. The van der Waals surface area contributed by atoms with Crippen molar-refractivity contribution in [2.24, 2.45) is 5.73 Å². The van der Waals surface area contributed by atoms with Crippen molar-refractivity contribution in [2.75, 3.05) is 29.0 Å². The molecule has 2 aromatic heterocycles. The second-order valence-electron chi connectivity index (χ2n) is 11.9. The minimum atomic E-state index is -4.80. The number of carbonyl (C=O) groups is 1. The van der Waals surface area contributed by atoms with Crippen molar-refractivity contribution < 1.29 is 22.4 Å². The molecule has 45 heavy (non-hydrogen) atoms. The maximum Gasteiger partial charge on any atom is 0.418 e. The topological polar surface area (TPSA) is 126 Å². The highest BCUT2D eigenvalue weighted by Gasteiger charge is 2.36. The first kappa shape index (κ1) is 34.8. The van der Waals surface area contributed by atoms with Crippen molar-refractivity contribution in [3.63, 3.8) is 0 Å². The molecule has 1 aliphatic heterocycles. The van der Waals surface area contributed by atoms with Crippen LogP contribution in [0, 0.1) is 5.82 Å². The van der Waals surface area contributed by atoms with E-state index in [0.717, 1.165) is 62.4 Å². The predicted octanol–water partition coefficient (Wildman–Crippen LogP) is 6.73. The van der Waals surface area contributed by atoms with Crippen LogP contribution in [0.5, 0.6) is 0 Å². The summed E-state index contributed by atoms with van der Waals surface area (Å²) in [6.07, 6.45) is 6.40. The number of nitrogens with zero attached hydrogens (tertiary/aromatic N) is 5. The van der Waals surface area contributed by atoms with Crippen molar-refractivity contribution in [3.05, 3.63) is 35.9 Å². The van der Waals surface area contributed by atoms with Gasteiger partial charge in [-0.2, -0.15) is 23.1 Å². The Labute approximate surface area is 271 Å². The van der Waals surface area contributed by atoms with E-state index in [4.69, 9.17) is 15.7 Å². The zero-order valence-corrected chi connectivity index (χ0v) is 26.3. The van der Waals surface area contributed by atoms with E-state index in [1.807, 2.05) is 6.33 Å². The van der Waals surface area contributed by atoms with Crippen LogP contribution < -0.4 is 21.7 Å². The molecule has 2 amide bonds. The number of hydrogen-bond acceptors (Lipinski definition) is 7. The normalized spacial score (nSPS) is 21.2. The van der Waals surface area contributed by atoms with E-state index in [-0.39, 0.29) is 56.0 Å². The van der Waals surface area contributed by atoms with Crippen LogP contribution in [0.4, 0.5) is 39.8 Å². The van der Waals surface area contributed by atoms with Crippen LogP contribution >= 0.6 is 24.8 Å². The van der Waals surface area contributed by atoms with Crippen LogP contribution in [0.3, 0.4) is 0 Å². The molecule has 0 spiro atoms. The van der Waals surface area contributed by atoms with Gasteiger partial charge in [-0.05, 0) is 63.5 Å². The summed E-state index contributed by atoms with van der Waals surface area (Å²) < 4.78 is 56.6. The predicted molar refractivity (Wildman–Crippen MR) is 170 cm³/mol. The van der Waals surface area contributed by atoms with E-state index in [1.54, 1.807) is 0 Å². The number of hydrogen-bond donors (Lipinski definition) is 4. The number of halogens is 6. The van der Waals surface area contributed by atoms with E-state index in [9.17, 15) is 22.4 Å². The maximum atomic E-state index is 14.3. The second-order valence-corrected chi connectivity index (χ2v) is 11.9. The number of aromatic nitrogens is 4. The summed E-state index contributed by atoms with van der Waals surface area (Å²) >= 11 is 0. The number of anilines is 3. The molecule has 0 atom stereocenters. The van der Waals surface area contributed by atoms with Gasteiger partial charge in [-0.3, -0.25) is 0 Å². The molecule has 1 saturated heterocycles. The van der Waals surface area contributed by atoms with Crippen LogP contribution in [0.2, 0.25) is 0 Å². The van der Waals surface area contributed by atoms with E-state index in [0.29, 0.717) is 36.2 Å². The lowest BCUT2D eigenvalue weighted by Gasteiger charge is -2.33. The van der Waals surface area contributed by atoms with Gasteiger partial charge >= 0.3 is 12.2 Å². The number of imidazole rings is 1. The fraction of sp³-hybridized carbons (Fsp3) is 0.586. The smallest absolute Gasteiger partial charge is 0.365 e. The summed E-state index contributed by atoms with van der Waals surface area (Å²) in [6.45, 7) is 0.551. The summed E-state index contributed by atoms with van der Waals surface area (Å²) in [6, 6.07) is 2.60. The first-order valence-corrected chi connectivity index (χ1v) is 15.1. The maximum absolute atomic E-state index is 14.3. The Hall–Kier alpha value is -3.10. The third kappa shape index (κ3) is 7.83. The van der Waals surface area contributed by atoms with Crippen LogP contribution in [0.25, 0.3) is 11.2 Å². The number of rotatable bonds is 6. The SMILES string of the molecule is Cl.Cl.NC1CCC(Nc2nc(NC3CCN(C(=O)Nc4c(F)cccc4C(F)(F)F)CC3)c3ncn(C4CCCC4)c3n2)CC1. The van der Waals surface area contributed by atoms with Gasteiger partial charge in [0.25, 0.3) is 0 Å². The average Bonchev–Trinajstić information content (AvgIpc) is 3.65. The lowest BCUT2D eigenvalue weighted by atomic mass is 9.92. The van der Waals surface area contributed by atoms with Gasteiger partial charge in [0, 0.05) is 37.3 Å². The largest absolute Gasteiger partial charge is 0.418 e. The van der Waals surface area contributed by atoms with E-state index in [2.05, 4.69) is 25.5 Å². The highest BCUT2D eigenvalue weighted by molar-refractivity contribution is 5.90. The molecule has 6 rings (SSSR count). The minimum Gasteiger partial charge on any atom is -0.365 e. The third-order valence-corrected chi connectivity index (χ3v) is 8.92. The van der Waals surface area contributed by atoms with Crippen LogP contribution in [-0.4, -0.2) is 61.7 Å². The third-order valence-electron chi connectivity index (χ3n) is 8.92. The Bertz CT molecular complexity index is 1450. The molecular formula is C29H39Cl2F4N9O. The molecule has 0 radical (unpaired) electrons. The monoisotopic (exact) mass is 675 g/mol. The van der Waals surface area contributed by atoms with Gasteiger partial charge in [-0.1, -0.05) is 18.9 Å². The van der Waals surface area contributed by atoms with Crippen molar-refractivity contribution in [2.45, 2.75) is 94.6 Å². The second kappa shape index (κ2) is 14.5. The summed E-state index contributed by atoms with van der Waals surface area (Å²) in [5, 5.41) is 9.16. The Morgan fingerprint density at radius 2 is 1.58 bits per heavy atom. The highest BCUT2D eigenvalue weighted by Crippen LogP contribution is 2.37. The van der Waals surface area contributed by atoms with Gasteiger partial charge in [0.15, 0.2) is 17.0 Å². The molecule has 10 nitrogen and oxygen atoms in total. The quantitative estimate of drug-likeness (QED) is 0.213. The van der Waals surface area contributed by atoms with Crippen molar-refractivity contribution in [1.82, 2.24) is 24.4 Å². The Morgan fingerprint density at radius 3 is 2.24 bits per heavy atom.